The molecule has 2 rings (SSSR count). The summed E-state index contributed by atoms with van der Waals surface area (Å²) in [6, 6.07) is 6.29. The van der Waals surface area contributed by atoms with Crippen molar-refractivity contribution in [3.05, 3.63) is 33.8 Å². The number of hydrogen-bond acceptors (Lipinski definition) is 2. The molecular weight excluding hydrogens is 254 g/mol. The van der Waals surface area contributed by atoms with Crippen LogP contribution in [0.2, 0.25) is 0 Å². The number of hydrogen-bond donors (Lipinski definition) is 1. The van der Waals surface area contributed by atoms with E-state index in [-0.39, 0.29) is 6.10 Å². The van der Waals surface area contributed by atoms with Crippen molar-refractivity contribution < 1.29 is 5.11 Å². The van der Waals surface area contributed by atoms with Crippen molar-refractivity contribution in [1.82, 2.24) is 4.90 Å². The molecule has 1 aliphatic rings. The molecule has 82 valence electrons. The summed E-state index contributed by atoms with van der Waals surface area (Å²) in [6.45, 7) is 4.90. The highest BCUT2D eigenvalue weighted by Gasteiger charge is 2.20. The van der Waals surface area contributed by atoms with Gasteiger partial charge in [-0.05, 0) is 30.5 Å². The van der Waals surface area contributed by atoms with Crippen molar-refractivity contribution in [1.29, 1.82) is 0 Å². The summed E-state index contributed by atoms with van der Waals surface area (Å²) < 4.78 is 1.17. The molecule has 0 aliphatic carbocycles. The average Bonchev–Trinajstić information content (AvgIpc) is 2.59. The SMILES string of the molecule is Cc1c(Br)cccc1CN1CC[C@H](O)C1. The molecule has 1 aromatic carbocycles. The Morgan fingerprint density at radius 3 is 3.00 bits per heavy atom. The smallest absolute Gasteiger partial charge is 0.0679 e. The predicted molar refractivity (Wildman–Crippen MR) is 64.8 cm³/mol. The van der Waals surface area contributed by atoms with Crippen LogP contribution in [-0.2, 0) is 6.54 Å². The van der Waals surface area contributed by atoms with Gasteiger partial charge in [-0.1, -0.05) is 28.1 Å². The van der Waals surface area contributed by atoms with E-state index in [0.717, 1.165) is 26.1 Å². The lowest BCUT2D eigenvalue weighted by Gasteiger charge is -2.17. The molecule has 3 heteroatoms. The zero-order valence-electron chi connectivity index (χ0n) is 8.91. The van der Waals surface area contributed by atoms with Gasteiger partial charge in [-0.15, -0.1) is 0 Å². The van der Waals surface area contributed by atoms with Gasteiger partial charge in [0, 0.05) is 24.1 Å². The molecule has 1 fully saturated rings. The summed E-state index contributed by atoms with van der Waals surface area (Å²) in [5, 5.41) is 9.45. The van der Waals surface area contributed by atoms with Gasteiger partial charge in [0.1, 0.15) is 0 Å². The van der Waals surface area contributed by atoms with E-state index in [1.165, 1.54) is 15.6 Å². The minimum Gasteiger partial charge on any atom is -0.392 e. The second-order valence-electron chi connectivity index (χ2n) is 4.20. The van der Waals surface area contributed by atoms with Crippen LogP contribution < -0.4 is 0 Å². The van der Waals surface area contributed by atoms with Crippen molar-refractivity contribution >= 4 is 15.9 Å². The lowest BCUT2D eigenvalue weighted by molar-refractivity contribution is 0.174. The first kappa shape index (κ1) is 11.1. The van der Waals surface area contributed by atoms with Crippen LogP contribution in [0.1, 0.15) is 17.5 Å². The highest BCUT2D eigenvalue weighted by Crippen LogP contribution is 2.22. The summed E-state index contributed by atoms with van der Waals surface area (Å²) in [4.78, 5) is 2.30. The topological polar surface area (TPSA) is 23.5 Å². The van der Waals surface area contributed by atoms with Crippen LogP contribution in [0.15, 0.2) is 22.7 Å². The molecule has 2 nitrogen and oxygen atoms in total. The Morgan fingerprint density at radius 2 is 2.33 bits per heavy atom. The Balaban J connectivity index is 2.07. The molecular formula is C12H16BrNO. The van der Waals surface area contributed by atoms with E-state index in [0.29, 0.717) is 0 Å². The van der Waals surface area contributed by atoms with Crippen LogP contribution in [0.3, 0.4) is 0 Å². The van der Waals surface area contributed by atoms with E-state index >= 15 is 0 Å². The number of β-amino-alcohol motifs (C(OH)–C–C–N with tert-alkyl or cyclic N) is 1. The minimum atomic E-state index is -0.127. The van der Waals surface area contributed by atoms with Gasteiger partial charge in [0.2, 0.25) is 0 Å². The fourth-order valence-electron chi connectivity index (χ4n) is 2.02. The number of likely N-dealkylation sites (tertiary alicyclic amines) is 1. The second kappa shape index (κ2) is 4.64. The molecule has 0 saturated carbocycles. The third-order valence-corrected chi connectivity index (χ3v) is 3.88. The number of rotatable bonds is 2. The number of benzene rings is 1. The molecule has 1 heterocycles. The molecule has 1 aromatic rings. The summed E-state index contributed by atoms with van der Waals surface area (Å²) in [5.41, 5.74) is 2.65. The molecule has 0 unspecified atom stereocenters. The van der Waals surface area contributed by atoms with Crippen LogP contribution in [0.5, 0.6) is 0 Å². The average molecular weight is 270 g/mol. The molecule has 0 amide bonds. The van der Waals surface area contributed by atoms with Crippen molar-refractivity contribution in [2.45, 2.75) is 26.0 Å². The van der Waals surface area contributed by atoms with Crippen molar-refractivity contribution in [3.8, 4) is 0 Å². The number of nitrogens with zero attached hydrogens (tertiary/aromatic N) is 1. The van der Waals surface area contributed by atoms with E-state index in [9.17, 15) is 5.11 Å². The van der Waals surface area contributed by atoms with E-state index in [1.807, 2.05) is 0 Å². The number of aliphatic hydroxyl groups excluding tert-OH is 1. The van der Waals surface area contributed by atoms with E-state index in [1.54, 1.807) is 0 Å². The normalized spacial score (nSPS) is 22.2. The standard InChI is InChI=1S/C12H16BrNO/c1-9-10(3-2-4-12(9)13)7-14-6-5-11(15)8-14/h2-4,11,15H,5-8H2,1H3/t11-/m0/s1. The van der Waals surface area contributed by atoms with Gasteiger partial charge in [0.15, 0.2) is 0 Å². The molecule has 0 aromatic heterocycles. The molecule has 1 atom stereocenters. The van der Waals surface area contributed by atoms with E-state index < -0.39 is 0 Å². The highest BCUT2D eigenvalue weighted by molar-refractivity contribution is 9.10. The lowest BCUT2D eigenvalue weighted by Crippen LogP contribution is -2.21. The molecule has 1 saturated heterocycles. The summed E-state index contributed by atoms with van der Waals surface area (Å²) in [5.74, 6) is 0. The maximum atomic E-state index is 9.45. The van der Waals surface area contributed by atoms with Gasteiger partial charge in [0.05, 0.1) is 6.10 Å². The fraction of sp³-hybridized carbons (Fsp3) is 0.500. The van der Waals surface area contributed by atoms with Crippen LogP contribution in [0.4, 0.5) is 0 Å². The fourth-order valence-corrected chi connectivity index (χ4v) is 2.43. The molecule has 15 heavy (non-hydrogen) atoms. The van der Waals surface area contributed by atoms with Crippen molar-refractivity contribution in [2.75, 3.05) is 13.1 Å². The van der Waals surface area contributed by atoms with Crippen molar-refractivity contribution in [2.24, 2.45) is 0 Å². The molecule has 1 aliphatic heterocycles. The Hall–Kier alpha value is -0.380. The number of halogens is 1. The Kier molecular flexibility index (Phi) is 3.44. The van der Waals surface area contributed by atoms with E-state index in [2.05, 4.69) is 46.0 Å². The highest BCUT2D eigenvalue weighted by atomic mass is 79.9. The van der Waals surface area contributed by atoms with Crippen LogP contribution in [0, 0.1) is 6.92 Å². The lowest BCUT2D eigenvalue weighted by atomic mass is 10.1. The molecule has 0 bridgehead atoms. The van der Waals surface area contributed by atoms with Gasteiger partial charge < -0.3 is 5.11 Å². The summed E-state index contributed by atoms with van der Waals surface area (Å²) >= 11 is 3.54. The quantitative estimate of drug-likeness (QED) is 0.891. The van der Waals surface area contributed by atoms with Crippen LogP contribution >= 0.6 is 15.9 Å². The Morgan fingerprint density at radius 1 is 1.53 bits per heavy atom. The van der Waals surface area contributed by atoms with E-state index in [4.69, 9.17) is 0 Å². The summed E-state index contributed by atoms with van der Waals surface area (Å²) in [7, 11) is 0. The predicted octanol–water partition coefficient (Wildman–Crippen LogP) is 2.32. The van der Waals surface area contributed by atoms with Gasteiger partial charge in [-0.2, -0.15) is 0 Å². The third-order valence-electron chi connectivity index (χ3n) is 3.02. The van der Waals surface area contributed by atoms with Gasteiger partial charge in [-0.25, -0.2) is 0 Å². The number of aliphatic hydroxyl groups is 1. The molecule has 1 N–H and O–H groups in total. The molecule has 0 spiro atoms. The first-order valence-corrected chi connectivity index (χ1v) is 6.10. The van der Waals surface area contributed by atoms with Gasteiger partial charge in [-0.3, -0.25) is 4.90 Å². The minimum absolute atomic E-state index is 0.127. The maximum absolute atomic E-state index is 9.45. The van der Waals surface area contributed by atoms with Crippen molar-refractivity contribution in [3.63, 3.8) is 0 Å². The molecule has 0 radical (unpaired) electrons. The Labute approximate surface area is 99.0 Å². The third kappa shape index (κ3) is 2.60. The largest absolute Gasteiger partial charge is 0.392 e. The second-order valence-corrected chi connectivity index (χ2v) is 5.06. The summed E-state index contributed by atoms with van der Waals surface area (Å²) in [6.07, 6.45) is 0.782. The monoisotopic (exact) mass is 269 g/mol. The maximum Gasteiger partial charge on any atom is 0.0679 e. The zero-order chi connectivity index (χ0) is 10.8. The van der Waals surface area contributed by atoms with Gasteiger partial charge >= 0.3 is 0 Å². The first-order valence-electron chi connectivity index (χ1n) is 5.31. The van der Waals surface area contributed by atoms with Crippen LogP contribution in [0.25, 0.3) is 0 Å². The Bertz CT molecular complexity index is 353. The first-order chi connectivity index (χ1) is 7.16. The van der Waals surface area contributed by atoms with Crippen LogP contribution in [-0.4, -0.2) is 29.2 Å². The van der Waals surface area contributed by atoms with Gasteiger partial charge in [0.25, 0.3) is 0 Å². The zero-order valence-corrected chi connectivity index (χ0v) is 10.5.